The Kier molecular flexibility index (Phi) is 5.11. The molecule has 0 N–H and O–H groups in total. The normalized spacial score (nSPS) is 20.9. The molecule has 1 fully saturated rings. The van der Waals surface area contributed by atoms with Crippen molar-refractivity contribution in [3.05, 3.63) is 35.9 Å². The number of rotatable bonds is 3. The molecule has 0 amide bonds. The van der Waals surface area contributed by atoms with E-state index in [1.54, 1.807) is 0 Å². The summed E-state index contributed by atoms with van der Waals surface area (Å²) in [5, 5.41) is 0. The summed E-state index contributed by atoms with van der Waals surface area (Å²) in [4.78, 5) is 13.0. The molecular formula is C12H16LiNO. The van der Waals surface area contributed by atoms with Crippen LogP contribution in [0.4, 0.5) is 0 Å². The molecule has 2 nitrogen and oxygen atoms in total. The van der Waals surface area contributed by atoms with Gasteiger partial charge >= 0.3 is 18.9 Å². The summed E-state index contributed by atoms with van der Waals surface area (Å²) in [6, 6.07) is 10.5. The minimum atomic E-state index is 0. The van der Waals surface area contributed by atoms with Crippen molar-refractivity contribution in [2.24, 2.45) is 0 Å². The van der Waals surface area contributed by atoms with Crippen molar-refractivity contribution in [1.29, 1.82) is 0 Å². The Morgan fingerprint density at radius 2 is 2.07 bits per heavy atom. The third-order valence-electron chi connectivity index (χ3n) is 2.80. The van der Waals surface area contributed by atoms with Crippen LogP contribution < -0.4 is 0 Å². The molecule has 3 heteroatoms. The van der Waals surface area contributed by atoms with E-state index >= 15 is 0 Å². The summed E-state index contributed by atoms with van der Waals surface area (Å²) in [6.45, 7) is 1.96. The van der Waals surface area contributed by atoms with Gasteiger partial charge in [-0.3, -0.25) is 4.90 Å². The number of carbonyl (C=O) groups excluding carboxylic acids is 1. The maximum absolute atomic E-state index is 10.8. The van der Waals surface area contributed by atoms with E-state index in [9.17, 15) is 4.79 Å². The van der Waals surface area contributed by atoms with Gasteiger partial charge in [0.2, 0.25) is 0 Å². The summed E-state index contributed by atoms with van der Waals surface area (Å²) < 4.78 is 0. The zero-order chi connectivity index (χ0) is 9.80. The Bertz CT molecular complexity index is 302. The van der Waals surface area contributed by atoms with Gasteiger partial charge in [0.05, 0.1) is 6.04 Å². The van der Waals surface area contributed by atoms with Crippen LogP contribution in [0.3, 0.4) is 0 Å². The van der Waals surface area contributed by atoms with Crippen molar-refractivity contribution >= 4 is 25.1 Å². The molecule has 0 radical (unpaired) electrons. The monoisotopic (exact) mass is 197 g/mol. The van der Waals surface area contributed by atoms with Crippen LogP contribution in [0.15, 0.2) is 30.3 Å². The van der Waals surface area contributed by atoms with E-state index in [-0.39, 0.29) is 24.9 Å². The molecule has 1 aliphatic rings. The van der Waals surface area contributed by atoms with Gasteiger partial charge in [-0.1, -0.05) is 30.3 Å². The average molecular weight is 197 g/mol. The van der Waals surface area contributed by atoms with E-state index in [2.05, 4.69) is 17.0 Å². The molecule has 0 aliphatic carbocycles. The zero-order valence-electron chi connectivity index (χ0n) is 8.23. The van der Waals surface area contributed by atoms with Crippen LogP contribution in [0.25, 0.3) is 0 Å². The summed E-state index contributed by atoms with van der Waals surface area (Å²) >= 11 is 0. The Hall–Kier alpha value is -0.553. The zero-order valence-corrected chi connectivity index (χ0v) is 8.23. The van der Waals surface area contributed by atoms with Gasteiger partial charge in [-0.15, -0.1) is 0 Å². The van der Waals surface area contributed by atoms with Crippen molar-refractivity contribution in [3.8, 4) is 0 Å². The quantitative estimate of drug-likeness (QED) is 0.536. The van der Waals surface area contributed by atoms with Crippen molar-refractivity contribution in [1.82, 2.24) is 4.90 Å². The summed E-state index contributed by atoms with van der Waals surface area (Å²) in [5.41, 5.74) is 1.29. The van der Waals surface area contributed by atoms with Gasteiger partial charge in [0, 0.05) is 6.54 Å². The number of nitrogens with zero attached hydrogens (tertiary/aromatic N) is 1. The Morgan fingerprint density at radius 1 is 1.33 bits per heavy atom. The van der Waals surface area contributed by atoms with E-state index in [0.29, 0.717) is 0 Å². The molecule has 1 saturated heterocycles. The standard InChI is InChI=1S/C12H15NO.Li.H/c14-10-12-7-4-8-13(12)9-11-5-2-1-3-6-11;;/h1-3,5-6,10,12H,4,7-9H2;;/t12-;;/m0../s1. The van der Waals surface area contributed by atoms with Crippen LogP contribution >= 0.6 is 0 Å². The van der Waals surface area contributed by atoms with Crippen molar-refractivity contribution < 1.29 is 4.79 Å². The molecule has 15 heavy (non-hydrogen) atoms. The first-order valence-corrected chi connectivity index (χ1v) is 5.13. The van der Waals surface area contributed by atoms with E-state index in [0.717, 1.165) is 32.2 Å². The predicted octanol–water partition coefficient (Wildman–Crippen LogP) is 1.20. The minimum absolute atomic E-state index is 0. The SMILES string of the molecule is O=C[C@@H]1CCCN1Cc1ccccc1.[LiH]. The Morgan fingerprint density at radius 3 is 2.73 bits per heavy atom. The Labute approximate surface area is 103 Å². The summed E-state index contributed by atoms with van der Waals surface area (Å²) in [6.07, 6.45) is 3.25. The first kappa shape index (κ1) is 12.5. The molecule has 76 valence electrons. The van der Waals surface area contributed by atoms with E-state index in [1.165, 1.54) is 5.56 Å². The van der Waals surface area contributed by atoms with Crippen LogP contribution in [0.1, 0.15) is 18.4 Å². The fourth-order valence-electron chi connectivity index (χ4n) is 2.02. The second-order valence-electron chi connectivity index (χ2n) is 3.80. The van der Waals surface area contributed by atoms with Gasteiger partial charge in [0.25, 0.3) is 0 Å². The molecule has 0 saturated carbocycles. The first-order chi connectivity index (χ1) is 6.90. The van der Waals surface area contributed by atoms with Crippen LogP contribution in [-0.2, 0) is 11.3 Å². The maximum atomic E-state index is 10.8. The molecule has 0 unspecified atom stereocenters. The second kappa shape index (κ2) is 6.12. The average Bonchev–Trinajstić information content (AvgIpc) is 2.67. The number of likely N-dealkylation sites (tertiary alicyclic amines) is 1. The summed E-state index contributed by atoms with van der Waals surface area (Å²) in [7, 11) is 0. The fourth-order valence-corrected chi connectivity index (χ4v) is 2.02. The van der Waals surface area contributed by atoms with E-state index in [4.69, 9.17) is 0 Å². The number of hydrogen-bond acceptors (Lipinski definition) is 2. The third-order valence-corrected chi connectivity index (χ3v) is 2.80. The molecule has 0 aromatic heterocycles. The fraction of sp³-hybridized carbons (Fsp3) is 0.417. The molecule has 1 aliphatic heterocycles. The molecule has 1 heterocycles. The third kappa shape index (κ3) is 3.21. The van der Waals surface area contributed by atoms with Gasteiger partial charge in [0.1, 0.15) is 6.29 Å². The molecule has 0 bridgehead atoms. The number of carbonyl (C=O) groups is 1. The number of hydrogen-bond donors (Lipinski definition) is 0. The van der Waals surface area contributed by atoms with Crippen molar-refractivity contribution in [2.45, 2.75) is 25.4 Å². The first-order valence-electron chi connectivity index (χ1n) is 5.13. The van der Waals surface area contributed by atoms with Crippen molar-refractivity contribution in [3.63, 3.8) is 0 Å². The van der Waals surface area contributed by atoms with Gasteiger partial charge in [-0.05, 0) is 24.9 Å². The van der Waals surface area contributed by atoms with E-state index in [1.807, 2.05) is 18.2 Å². The molecule has 1 aromatic carbocycles. The predicted molar refractivity (Wildman–Crippen MR) is 63.1 cm³/mol. The van der Waals surface area contributed by atoms with Crippen LogP contribution in [0, 0.1) is 0 Å². The van der Waals surface area contributed by atoms with E-state index < -0.39 is 0 Å². The second-order valence-corrected chi connectivity index (χ2v) is 3.80. The van der Waals surface area contributed by atoms with Crippen LogP contribution in [0.2, 0.25) is 0 Å². The topological polar surface area (TPSA) is 20.3 Å². The molecule has 1 aromatic rings. The van der Waals surface area contributed by atoms with Gasteiger partial charge in [-0.2, -0.15) is 0 Å². The molecular weight excluding hydrogens is 181 g/mol. The van der Waals surface area contributed by atoms with Gasteiger partial charge in [0.15, 0.2) is 0 Å². The van der Waals surface area contributed by atoms with Crippen molar-refractivity contribution in [2.75, 3.05) is 6.54 Å². The number of aldehydes is 1. The van der Waals surface area contributed by atoms with Gasteiger partial charge < -0.3 is 4.79 Å². The number of benzene rings is 1. The molecule has 1 atom stereocenters. The van der Waals surface area contributed by atoms with Gasteiger partial charge in [-0.25, -0.2) is 0 Å². The summed E-state index contributed by atoms with van der Waals surface area (Å²) in [5.74, 6) is 0. The Balaban J connectivity index is 0.00000112. The van der Waals surface area contributed by atoms with Crippen LogP contribution in [-0.4, -0.2) is 42.6 Å². The van der Waals surface area contributed by atoms with Crippen LogP contribution in [0.5, 0.6) is 0 Å². The molecule has 2 rings (SSSR count). The molecule has 0 spiro atoms.